The van der Waals surface area contributed by atoms with E-state index in [1.54, 1.807) is 0 Å². The molecule has 4 rings (SSSR count). The highest BCUT2D eigenvalue weighted by Crippen LogP contribution is 2.66. The van der Waals surface area contributed by atoms with Crippen molar-refractivity contribution in [1.82, 2.24) is 0 Å². The van der Waals surface area contributed by atoms with Crippen LogP contribution in [0.3, 0.4) is 0 Å². The Morgan fingerprint density at radius 1 is 1.13 bits per heavy atom. The third kappa shape index (κ3) is 4.28. The van der Waals surface area contributed by atoms with Crippen LogP contribution in [-0.2, 0) is 13.9 Å². The van der Waals surface area contributed by atoms with Crippen LogP contribution in [0.15, 0.2) is 0 Å². The van der Waals surface area contributed by atoms with E-state index in [2.05, 4.69) is 52.6 Å². The highest BCUT2D eigenvalue weighted by atomic mass is 28.4. The van der Waals surface area contributed by atoms with Gasteiger partial charge in [0, 0.05) is 11.8 Å². The Morgan fingerprint density at radius 3 is 2.39 bits per heavy atom. The van der Waals surface area contributed by atoms with Gasteiger partial charge in [-0.3, -0.25) is 0 Å². The summed E-state index contributed by atoms with van der Waals surface area (Å²) in [7, 11) is -1.91. The smallest absolute Gasteiger partial charge is 0.193 e. The van der Waals surface area contributed by atoms with E-state index in [-0.39, 0.29) is 28.6 Å². The Balaban J connectivity index is 1.53. The zero-order valence-electron chi connectivity index (χ0n) is 20.6. The molecular weight excluding hydrogens is 404 g/mol. The van der Waals surface area contributed by atoms with Gasteiger partial charge >= 0.3 is 0 Å². The Hall–Kier alpha value is -0.383. The minimum Gasteiger partial charge on any atom is -0.403 e. The lowest BCUT2D eigenvalue weighted by Gasteiger charge is -2.64. The molecule has 1 saturated heterocycles. The molecule has 1 aliphatic heterocycles. The topological polar surface area (TPSA) is 47.9 Å². The first-order valence-electron chi connectivity index (χ1n) is 12.6. The summed E-state index contributed by atoms with van der Waals surface area (Å²) in [6.07, 6.45) is 8.55. The largest absolute Gasteiger partial charge is 0.403 e. The monoisotopic (exact) mass is 448 g/mol. The molecule has 0 radical (unpaired) electrons. The number of rotatable bonds is 4. The van der Waals surface area contributed by atoms with Gasteiger partial charge in [0.05, 0.1) is 25.2 Å². The second-order valence-corrected chi connectivity index (χ2v) is 17.1. The summed E-state index contributed by atoms with van der Waals surface area (Å²) >= 11 is 0. The van der Waals surface area contributed by atoms with Gasteiger partial charge in [0.25, 0.3) is 0 Å². The van der Waals surface area contributed by atoms with Gasteiger partial charge in [-0.05, 0) is 49.2 Å². The number of hydrogen-bond acceptors (Lipinski definition) is 4. The number of aliphatic hydroxyl groups is 1. The van der Waals surface area contributed by atoms with Crippen LogP contribution in [-0.4, -0.2) is 44.6 Å². The third-order valence-corrected chi connectivity index (χ3v) is 13.9. The highest BCUT2D eigenvalue weighted by molar-refractivity contribution is 6.74. The average Bonchev–Trinajstić information content (AvgIpc) is 3.36. The van der Waals surface area contributed by atoms with Gasteiger partial charge in [0.2, 0.25) is 0 Å². The molecule has 1 heterocycles. The molecule has 3 aliphatic carbocycles. The standard InChI is InChI=1S/C26H44O4Si/c1-24(2,3)31(5,6)30-20(17-19-9-7-8-10-19)11-12-21-22-18-26(28-15-16-29-26)25(22,4)14-13-23(21)27/h19-23,27H,7-10,13-18H2,1-6H3/t20-,21-,22-,23-,25+/m1/s1. The van der Waals surface area contributed by atoms with Crippen LogP contribution >= 0.6 is 0 Å². The molecule has 4 fully saturated rings. The molecule has 4 nitrogen and oxygen atoms in total. The first kappa shape index (κ1) is 23.8. The van der Waals surface area contributed by atoms with Crippen molar-refractivity contribution in [2.75, 3.05) is 13.2 Å². The van der Waals surface area contributed by atoms with Crippen LogP contribution < -0.4 is 0 Å². The maximum absolute atomic E-state index is 10.9. The molecule has 1 N–H and O–H groups in total. The first-order chi connectivity index (χ1) is 14.5. The van der Waals surface area contributed by atoms with E-state index < -0.39 is 14.1 Å². The quantitative estimate of drug-likeness (QED) is 0.456. The fraction of sp³-hybridized carbons (Fsp3) is 0.923. The summed E-state index contributed by atoms with van der Waals surface area (Å²) < 4.78 is 19.0. The van der Waals surface area contributed by atoms with Gasteiger partial charge in [-0.25, -0.2) is 0 Å². The molecule has 5 atom stereocenters. The zero-order valence-corrected chi connectivity index (χ0v) is 21.6. The fourth-order valence-electron chi connectivity index (χ4n) is 6.20. The van der Waals surface area contributed by atoms with Crippen LogP contribution in [0.1, 0.15) is 79.1 Å². The van der Waals surface area contributed by atoms with Crippen LogP contribution in [0.5, 0.6) is 0 Å². The Kier molecular flexibility index (Phi) is 6.47. The van der Waals surface area contributed by atoms with E-state index in [4.69, 9.17) is 13.9 Å². The fourth-order valence-corrected chi connectivity index (χ4v) is 7.42. The van der Waals surface area contributed by atoms with Gasteiger partial charge in [0.1, 0.15) is 6.10 Å². The lowest BCUT2D eigenvalue weighted by molar-refractivity contribution is -0.344. The maximum Gasteiger partial charge on any atom is 0.193 e. The van der Waals surface area contributed by atoms with Gasteiger partial charge < -0.3 is 19.0 Å². The molecule has 31 heavy (non-hydrogen) atoms. The van der Waals surface area contributed by atoms with Crippen molar-refractivity contribution in [3.8, 4) is 11.8 Å². The van der Waals surface area contributed by atoms with E-state index in [9.17, 15) is 5.11 Å². The zero-order chi connectivity index (χ0) is 22.5. The van der Waals surface area contributed by atoms with Crippen LogP contribution in [0.2, 0.25) is 18.1 Å². The van der Waals surface area contributed by atoms with E-state index in [1.165, 1.54) is 25.7 Å². The molecule has 4 aliphatic rings. The number of fused-ring (bicyclic) bond motifs is 2. The van der Waals surface area contributed by atoms with Crippen LogP contribution in [0, 0.1) is 35.0 Å². The minimum absolute atomic E-state index is 0.00808. The lowest BCUT2D eigenvalue weighted by Crippen LogP contribution is -2.67. The van der Waals surface area contributed by atoms with Gasteiger partial charge in [0.15, 0.2) is 14.1 Å². The van der Waals surface area contributed by atoms with E-state index in [1.807, 2.05) is 0 Å². The summed E-state index contributed by atoms with van der Waals surface area (Å²) in [6, 6.07) is 0. The Bertz CT molecular complexity index is 705. The molecule has 0 aromatic carbocycles. The molecule has 0 amide bonds. The molecule has 3 saturated carbocycles. The predicted octanol–water partition coefficient (Wildman–Crippen LogP) is 5.50. The van der Waals surface area contributed by atoms with Crippen molar-refractivity contribution >= 4 is 8.32 Å². The predicted molar refractivity (Wildman–Crippen MR) is 126 cm³/mol. The molecule has 0 aromatic rings. The summed E-state index contributed by atoms with van der Waals surface area (Å²) in [5.74, 6) is 7.77. The second-order valence-electron chi connectivity index (χ2n) is 12.4. The van der Waals surface area contributed by atoms with Gasteiger partial charge in [-0.15, -0.1) is 0 Å². The molecule has 5 heteroatoms. The van der Waals surface area contributed by atoms with Crippen molar-refractivity contribution in [3.05, 3.63) is 0 Å². The van der Waals surface area contributed by atoms with Crippen molar-refractivity contribution in [1.29, 1.82) is 0 Å². The maximum atomic E-state index is 10.9. The Labute approximate surface area is 190 Å². The Morgan fingerprint density at radius 2 is 1.77 bits per heavy atom. The van der Waals surface area contributed by atoms with E-state index >= 15 is 0 Å². The summed E-state index contributed by atoms with van der Waals surface area (Å²) in [6.45, 7) is 15.2. The third-order valence-electron chi connectivity index (χ3n) is 9.41. The number of hydrogen-bond donors (Lipinski definition) is 1. The van der Waals surface area contributed by atoms with Crippen molar-refractivity contribution in [2.24, 2.45) is 23.2 Å². The molecule has 0 unspecified atom stereocenters. The highest BCUT2D eigenvalue weighted by Gasteiger charge is 2.69. The number of ether oxygens (including phenoxy) is 2. The van der Waals surface area contributed by atoms with Crippen molar-refractivity contribution in [2.45, 2.75) is 115 Å². The first-order valence-corrected chi connectivity index (χ1v) is 15.5. The molecular formula is C26H44O4Si. The van der Waals surface area contributed by atoms with Crippen LogP contribution in [0.25, 0.3) is 0 Å². The summed E-state index contributed by atoms with van der Waals surface area (Å²) in [4.78, 5) is 0. The minimum atomic E-state index is -1.91. The van der Waals surface area contributed by atoms with Gasteiger partial charge in [-0.2, -0.15) is 0 Å². The number of aliphatic hydroxyl groups excluding tert-OH is 1. The normalized spacial score (nSPS) is 36.5. The van der Waals surface area contributed by atoms with Crippen molar-refractivity contribution < 1.29 is 19.0 Å². The van der Waals surface area contributed by atoms with Crippen LogP contribution in [0.4, 0.5) is 0 Å². The summed E-state index contributed by atoms with van der Waals surface area (Å²) in [5, 5.41) is 11.0. The van der Waals surface area contributed by atoms with E-state index in [0.29, 0.717) is 19.1 Å². The van der Waals surface area contributed by atoms with E-state index in [0.717, 1.165) is 31.6 Å². The molecule has 1 spiro atoms. The molecule has 176 valence electrons. The lowest BCUT2D eigenvalue weighted by atomic mass is 9.47. The van der Waals surface area contributed by atoms with Gasteiger partial charge in [-0.1, -0.05) is 65.2 Å². The van der Waals surface area contributed by atoms with Crippen molar-refractivity contribution in [3.63, 3.8) is 0 Å². The second kappa shape index (κ2) is 8.44. The molecule has 0 aromatic heterocycles. The SMILES string of the molecule is CC(C)(C)[Si](C)(C)O[C@H](C#C[C@H]1[C@H](O)CC[C@@]2(C)[C@@H]1CC21OCCO1)CC1CCCC1. The molecule has 0 bridgehead atoms. The summed E-state index contributed by atoms with van der Waals surface area (Å²) in [5.41, 5.74) is -0.0384. The average molecular weight is 449 g/mol.